The van der Waals surface area contributed by atoms with Gasteiger partial charge in [0.15, 0.2) is 0 Å². The third-order valence-electron chi connectivity index (χ3n) is 6.91. The molecular weight excluding hydrogens is 539 g/mol. The molecule has 1 saturated carbocycles. The molecule has 0 radical (unpaired) electrons. The lowest BCUT2D eigenvalue weighted by molar-refractivity contribution is 0.00911. The predicted octanol–water partition coefficient (Wildman–Crippen LogP) is 6.29. The van der Waals surface area contributed by atoms with Crippen LogP contribution in [-0.4, -0.2) is 33.4 Å². The summed E-state index contributed by atoms with van der Waals surface area (Å²) < 4.78 is 58.9. The molecule has 1 aromatic carbocycles. The van der Waals surface area contributed by atoms with Crippen LogP contribution in [0.1, 0.15) is 59.2 Å². The lowest BCUT2D eigenvalue weighted by Crippen LogP contribution is -2.48. The molecule has 0 saturated heterocycles. The number of aryl methyl sites for hydroxylation is 1. The number of halogens is 4. The number of aromatic nitrogens is 2. The summed E-state index contributed by atoms with van der Waals surface area (Å²) in [7, 11) is 0. The molecule has 1 aliphatic carbocycles. The van der Waals surface area contributed by atoms with Gasteiger partial charge >= 0.3 is 0 Å². The number of alkyl halides is 2. The van der Waals surface area contributed by atoms with Gasteiger partial charge in [0.25, 0.3) is 6.43 Å². The van der Waals surface area contributed by atoms with Crippen molar-refractivity contribution in [3.05, 3.63) is 70.2 Å². The number of pyridine rings is 2. The quantitative estimate of drug-likeness (QED) is 0.187. The Labute approximate surface area is 239 Å². The van der Waals surface area contributed by atoms with E-state index in [0.717, 1.165) is 0 Å². The van der Waals surface area contributed by atoms with Crippen LogP contribution in [0.3, 0.4) is 0 Å². The molecule has 1 fully saturated rings. The molecule has 4 N–H and O–H groups in total. The minimum atomic E-state index is -2.56. The van der Waals surface area contributed by atoms with E-state index in [1.807, 2.05) is 0 Å². The number of hydrogen-bond donors (Lipinski definition) is 4. The van der Waals surface area contributed by atoms with E-state index in [1.54, 1.807) is 52.1 Å². The van der Waals surface area contributed by atoms with Crippen molar-refractivity contribution in [1.82, 2.24) is 25.9 Å². The van der Waals surface area contributed by atoms with Crippen molar-refractivity contribution >= 4 is 33.9 Å². The number of hydrogen-bond acceptors (Lipinski definition) is 7. The Kier molecular flexibility index (Phi) is 6.56. The van der Waals surface area contributed by atoms with Crippen molar-refractivity contribution in [2.45, 2.75) is 58.5 Å². The van der Waals surface area contributed by atoms with E-state index in [-0.39, 0.29) is 5.02 Å². The molecule has 40 heavy (non-hydrogen) atoms. The molecule has 0 unspecified atom stereocenters. The smallest absolute Gasteiger partial charge is 0.262 e. The average molecular weight is 572 g/mol. The Morgan fingerprint density at radius 1 is 1.30 bits per heavy atom. The number of terminal acetylenes is 1. The first kappa shape index (κ1) is 25.3. The zero-order chi connectivity index (χ0) is 30.6. The first-order valence-electron chi connectivity index (χ1n) is 13.7. The van der Waals surface area contributed by atoms with Crippen LogP contribution in [0.15, 0.2) is 42.4 Å². The zero-order valence-electron chi connectivity index (χ0n) is 24.5. The number of benzene rings is 1. The first-order chi connectivity index (χ1) is 19.7. The Hall–Kier alpha value is -3.68. The Bertz CT molecular complexity index is 1610. The Morgan fingerprint density at radius 3 is 2.67 bits per heavy atom. The molecule has 11 heteroatoms. The maximum Gasteiger partial charge on any atom is 0.262 e. The van der Waals surface area contributed by atoms with E-state index in [9.17, 15) is 13.2 Å². The maximum atomic E-state index is 13.9. The van der Waals surface area contributed by atoms with Gasteiger partial charge in [0.1, 0.15) is 5.54 Å². The SMILES string of the molecule is [2H]C([2H])(Nc1c(C#C)cnc2c(Cl)cc(N[C@H](C3=CN(C4(C(F)F)CC4)NN3)c3ccc(F)nc3C)cc12)C(C)(C)C. The molecule has 0 bridgehead atoms. The summed E-state index contributed by atoms with van der Waals surface area (Å²) in [5.41, 5.74) is 6.80. The summed E-state index contributed by atoms with van der Waals surface area (Å²) in [5.74, 6) is 1.92. The molecule has 0 spiro atoms. The number of nitrogens with one attached hydrogen (secondary N) is 4. The average Bonchev–Trinajstić information content (AvgIpc) is 3.57. The normalized spacial score (nSPS) is 18.0. The Balaban J connectivity index is 1.61. The topological polar surface area (TPSA) is 77.1 Å². The fourth-order valence-electron chi connectivity index (χ4n) is 4.58. The minimum absolute atomic E-state index is 0.272. The highest BCUT2D eigenvalue weighted by atomic mass is 35.5. The molecule has 1 atom stereocenters. The second-order valence-electron chi connectivity index (χ2n) is 11.0. The molecule has 210 valence electrons. The molecule has 5 rings (SSSR count). The lowest BCUT2D eigenvalue weighted by Gasteiger charge is -2.25. The molecule has 0 amide bonds. The van der Waals surface area contributed by atoms with Gasteiger partial charge in [-0.15, -0.1) is 12.0 Å². The van der Waals surface area contributed by atoms with Crippen LogP contribution in [-0.2, 0) is 0 Å². The molecule has 3 aromatic rings. The minimum Gasteiger partial charge on any atom is -0.383 e. The van der Waals surface area contributed by atoms with Gasteiger partial charge in [-0.25, -0.2) is 13.8 Å². The van der Waals surface area contributed by atoms with Gasteiger partial charge in [-0.3, -0.25) is 9.99 Å². The van der Waals surface area contributed by atoms with Crippen molar-refractivity contribution in [1.29, 1.82) is 0 Å². The third-order valence-corrected chi connectivity index (χ3v) is 7.19. The van der Waals surface area contributed by atoms with Gasteiger partial charge in [-0.2, -0.15) is 4.39 Å². The third kappa shape index (κ3) is 5.36. The van der Waals surface area contributed by atoms with Gasteiger partial charge in [0.05, 0.1) is 33.5 Å². The summed E-state index contributed by atoms with van der Waals surface area (Å²) in [6.45, 7) is 5.09. The molecule has 2 aliphatic rings. The van der Waals surface area contributed by atoms with Crippen LogP contribution < -0.4 is 21.6 Å². The van der Waals surface area contributed by atoms with Crippen molar-refractivity contribution in [3.63, 3.8) is 0 Å². The van der Waals surface area contributed by atoms with Gasteiger partial charge < -0.3 is 16.1 Å². The van der Waals surface area contributed by atoms with Crippen LogP contribution in [0.5, 0.6) is 0 Å². The van der Waals surface area contributed by atoms with E-state index in [2.05, 4.69) is 37.5 Å². The highest BCUT2D eigenvalue weighted by molar-refractivity contribution is 6.35. The van der Waals surface area contributed by atoms with Crippen molar-refractivity contribution in [3.8, 4) is 12.3 Å². The molecule has 1 aliphatic heterocycles. The number of hydrazine groups is 2. The van der Waals surface area contributed by atoms with Crippen molar-refractivity contribution < 1.29 is 15.9 Å². The van der Waals surface area contributed by atoms with E-state index >= 15 is 0 Å². The molecular formula is C29H31ClF3N7. The number of nitrogens with zero attached hydrogens (tertiary/aromatic N) is 3. The summed E-state index contributed by atoms with van der Waals surface area (Å²) in [5, 5.41) is 8.47. The van der Waals surface area contributed by atoms with Crippen molar-refractivity contribution in [2.75, 3.05) is 17.1 Å². The number of rotatable bonds is 8. The zero-order valence-corrected chi connectivity index (χ0v) is 23.2. The van der Waals surface area contributed by atoms with E-state index in [1.165, 1.54) is 17.3 Å². The number of fused-ring (bicyclic) bond motifs is 1. The van der Waals surface area contributed by atoms with Crippen LogP contribution in [0.2, 0.25) is 5.02 Å². The van der Waals surface area contributed by atoms with E-state index in [4.69, 9.17) is 20.8 Å². The standard InChI is InChI=1S/C29H31ClF3N7/c1-6-17-13-34-25-20(24(17)35-15-28(3,4)5)11-18(12-21(25)30)37-26(19-7-8-23(31)36-16(19)2)22-14-40(39-38-22)29(9-10-29)27(32)33/h1,7-8,11-14,26-27,37-39H,9-10,15H2,2-5H3,(H,34,35)/t26-/m0/s1/i15D2. The second kappa shape index (κ2) is 10.4. The fraction of sp³-hybridized carbons (Fsp3) is 0.379. The van der Waals surface area contributed by atoms with Crippen LogP contribution >= 0.6 is 11.6 Å². The maximum absolute atomic E-state index is 13.9. The molecule has 3 heterocycles. The van der Waals surface area contributed by atoms with Crippen LogP contribution in [0, 0.1) is 30.6 Å². The summed E-state index contributed by atoms with van der Waals surface area (Å²) in [6.07, 6.45) is 6.92. The van der Waals surface area contributed by atoms with Gasteiger partial charge in [-0.05, 0) is 43.4 Å². The van der Waals surface area contributed by atoms with E-state index in [0.29, 0.717) is 57.6 Å². The monoisotopic (exact) mass is 571 g/mol. The highest BCUT2D eigenvalue weighted by Gasteiger charge is 2.56. The van der Waals surface area contributed by atoms with Gasteiger partial charge in [-0.1, -0.05) is 44.4 Å². The van der Waals surface area contributed by atoms with Gasteiger partial charge in [0, 0.05) is 44.0 Å². The number of anilines is 2. The predicted molar refractivity (Wildman–Crippen MR) is 152 cm³/mol. The lowest BCUT2D eigenvalue weighted by atomic mass is 9.96. The van der Waals surface area contributed by atoms with Gasteiger partial charge in [0.2, 0.25) is 5.95 Å². The fourth-order valence-corrected chi connectivity index (χ4v) is 4.85. The first-order valence-corrected chi connectivity index (χ1v) is 13.1. The summed E-state index contributed by atoms with van der Waals surface area (Å²) in [6, 6.07) is 5.49. The molecule has 7 nitrogen and oxygen atoms in total. The second-order valence-corrected chi connectivity index (χ2v) is 11.4. The summed E-state index contributed by atoms with van der Waals surface area (Å²) >= 11 is 6.69. The van der Waals surface area contributed by atoms with E-state index < -0.39 is 35.9 Å². The molecule has 2 aromatic heterocycles. The van der Waals surface area contributed by atoms with Crippen LogP contribution in [0.25, 0.3) is 10.9 Å². The van der Waals surface area contributed by atoms with Crippen molar-refractivity contribution in [2.24, 2.45) is 5.41 Å². The highest BCUT2D eigenvalue weighted by Crippen LogP contribution is 2.47. The Morgan fingerprint density at radius 2 is 2.05 bits per heavy atom. The largest absolute Gasteiger partial charge is 0.383 e. The summed E-state index contributed by atoms with van der Waals surface area (Å²) in [4.78, 5) is 8.37. The van der Waals surface area contributed by atoms with Crippen LogP contribution in [0.4, 0.5) is 24.5 Å².